The Morgan fingerprint density at radius 2 is 1.77 bits per heavy atom. The van der Waals surface area contributed by atoms with Crippen LogP contribution in [0.3, 0.4) is 0 Å². The van der Waals surface area contributed by atoms with E-state index in [1.165, 1.54) is 12.3 Å². The molecule has 0 radical (unpaired) electrons. The molecule has 2 aromatic carbocycles. The number of carboxylic acid groups (broad SMARTS) is 1. The van der Waals surface area contributed by atoms with Gasteiger partial charge in [-0.25, -0.2) is 18.6 Å². The molecule has 0 amide bonds. The fraction of sp³-hybridized carbons (Fsp3) is 0. The molecular weight excluding hydrogens is 292 g/mol. The Morgan fingerprint density at radius 3 is 2.45 bits per heavy atom. The third-order valence-electron chi connectivity index (χ3n) is 3.09. The van der Waals surface area contributed by atoms with E-state index in [9.17, 15) is 13.6 Å². The van der Waals surface area contributed by atoms with Gasteiger partial charge >= 0.3 is 5.97 Å². The molecule has 3 aromatic rings. The highest BCUT2D eigenvalue weighted by atomic mass is 19.2. The average molecular weight is 301 g/mol. The first-order valence-electron chi connectivity index (χ1n) is 6.30. The van der Waals surface area contributed by atoms with Crippen molar-refractivity contribution in [3.63, 3.8) is 0 Å². The number of pyridine rings is 1. The maximum absolute atomic E-state index is 13.2. The lowest BCUT2D eigenvalue weighted by Crippen LogP contribution is -2.00. The van der Waals surface area contributed by atoms with Gasteiger partial charge in [0.05, 0.1) is 5.56 Å². The second-order valence-corrected chi connectivity index (χ2v) is 4.51. The number of nitrogens with zero attached hydrogens (tertiary/aromatic N) is 1. The molecule has 22 heavy (non-hydrogen) atoms. The zero-order valence-corrected chi connectivity index (χ0v) is 11.1. The van der Waals surface area contributed by atoms with Crippen molar-refractivity contribution in [2.24, 2.45) is 0 Å². The van der Waals surface area contributed by atoms with E-state index in [1.807, 2.05) is 0 Å². The molecule has 3 rings (SSSR count). The highest BCUT2D eigenvalue weighted by molar-refractivity contribution is 6.04. The second kappa shape index (κ2) is 5.40. The fourth-order valence-electron chi connectivity index (χ4n) is 2.07. The van der Waals surface area contributed by atoms with Crippen LogP contribution in [0.1, 0.15) is 10.4 Å². The van der Waals surface area contributed by atoms with Gasteiger partial charge in [0.2, 0.25) is 5.88 Å². The van der Waals surface area contributed by atoms with Crippen molar-refractivity contribution in [2.75, 3.05) is 0 Å². The fourth-order valence-corrected chi connectivity index (χ4v) is 2.07. The van der Waals surface area contributed by atoms with Crippen LogP contribution in [0.15, 0.2) is 48.7 Å². The van der Waals surface area contributed by atoms with Crippen molar-refractivity contribution in [1.29, 1.82) is 0 Å². The lowest BCUT2D eigenvalue weighted by molar-refractivity contribution is 0.0698. The molecule has 110 valence electrons. The molecule has 0 unspecified atom stereocenters. The quantitative estimate of drug-likeness (QED) is 0.794. The van der Waals surface area contributed by atoms with Crippen molar-refractivity contribution in [3.05, 3.63) is 65.9 Å². The van der Waals surface area contributed by atoms with Gasteiger partial charge in [0.25, 0.3) is 0 Å². The van der Waals surface area contributed by atoms with Crippen LogP contribution in [0.25, 0.3) is 10.8 Å². The smallest absolute Gasteiger partial charge is 0.337 e. The molecule has 1 N–H and O–H groups in total. The summed E-state index contributed by atoms with van der Waals surface area (Å²) in [7, 11) is 0. The van der Waals surface area contributed by atoms with Crippen LogP contribution in [0.2, 0.25) is 0 Å². The summed E-state index contributed by atoms with van der Waals surface area (Å²) in [4.78, 5) is 15.2. The topological polar surface area (TPSA) is 59.4 Å². The van der Waals surface area contributed by atoms with Crippen LogP contribution < -0.4 is 4.74 Å². The predicted molar refractivity (Wildman–Crippen MR) is 75.1 cm³/mol. The number of rotatable bonds is 3. The summed E-state index contributed by atoms with van der Waals surface area (Å²) >= 11 is 0. The minimum atomic E-state index is -1.11. The van der Waals surface area contributed by atoms with Gasteiger partial charge in [-0.15, -0.1) is 0 Å². The van der Waals surface area contributed by atoms with Crippen molar-refractivity contribution in [1.82, 2.24) is 4.98 Å². The monoisotopic (exact) mass is 301 g/mol. The largest absolute Gasteiger partial charge is 0.478 e. The zero-order valence-electron chi connectivity index (χ0n) is 11.1. The first kappa shape index (κ1) is 13.9. The number of aromatic carboxylic acids is 1. The van der Waals surface area contributed by atoms with Crippen molar-refractivity contribution in [3.8, 4) is 11.6 Å². The van der Waals surface area contributed by atoms with Crippen molar-refractivity contribution < 1.29 is 23.4 Å². The number of hydrogen-bond acceptors (Lipinski definition) is 3. The minimum Gasteiger partial charge on any atom is -0.478 e. The Labute approximate surface area is 123 Å². The van der Waals surface area contributed by atoms with Crippen molar-refractivity contribution >= 4 is 16.7 Å². The van der Waals surface area contributed by atoms with E-state index in [2.05, 4.69) is 4.98 Å². The summed E-state index contributed by atoms with van der Waals surface area (Å²) < 4.78 is 31.6. The lowest BCUT2D eigenvalue weighted by atomic mass is 10.1. The van der Waals surface area contributed by atoms with Crippen LogP contribution in [-0.4, -0.2) is 16.1 Å². The van der Waals surface area contributed by atoms with Crippen molar-refractivity contribution in [2.45, 2.75) is 0 Å². The van der Waals surface area contributed by atoms with Crippen LogP contribution in [0.5, 0.6) is 11.6 Å². The molecule has 0 saturated carbocycles. The summed E-state index contributed by atoms with van der Waals surface area (Å²) in [5, 5.41) is 10.1. The molecular formula is C16H9F2NO3. The standard InChI is InChI=1S/C16H9F2NO3/c17-13-6-5-9(7-14(13)18)22-15-11-4-2-1-3-10(11)12(8-19-15)16(20)21/h1-8H,(H,20,21). The van der Waals surface area contributed by atoms with E-state index < -0.39 is 17.6 Å². The molecule has 0 fully saturated rings. The summed E-state index contributed by atoms with van der Waals surface area (Å²) in [6, 6.07) is 9.77. The summed E-state index contributed by atoms with van der Waals surface area (Å²) in [6.07, 6.45) is 1.17. The Morgan fingerprint density at radius 1 is 1.05 bits per heavy atom. The van der Waals surface area contributed by atoms with Gasteiger partial charge in [-0.1, -0.05) is 18.2 Å². The molecule has 0 bridgehead atoms. The summed E-state index contributed by atoms with van der Waals surface area (Å²) in [5.41, 5.74) is 0.0354. The Kier molecular flexibility index (Phi) is 3.42. The molecule has 0 aliphatic rings. The van der Waals surface area contributed by atoms with Gasteiger partial charge in [0.15, 0.2) is 11.6 Å². The molecule has 0 aliphatic heterocycles. The lowest BCUT2D eigenvalue weighted by Gasteiger charge is -2.09. The number of carboxylic acids is 1. The predicted octanol–water partition coefficient (Wildman–Crippen LogP) is 4.00. The maximum Gasteiger partial charge on any atom is 0.337 e. The minimum absolute atomic E-state index is 0.0354. The number of carbonyl (C=O) groups is 1. The van der Waals surface area contributed by atoms with E-state index in [4.69, 9.17) is 9.84 Å². The second-order valence-electron chi connectivity index (χ2n) is 4.51. The third-order valence-corrected chi connectivity index (χ3v) is 3.09. The zero-order chi connectivity index (χ0) is 15.7. The Hall–Kier alpha value is -3.02. The normalized spacial score (nSPS) is 10.6. The summed E-state index contributed by atoms with van der Waals surface area (Å²) in [6.45, 7) is 0. The molecule has 6 heteroatoms. The van der Waals surface area contributed by atoms with Gasteiger partial charge < -0.3 is 9.84 Å². The maximum atomic E-state index is 13.2. The van der Waals surface area contributed by atoms with Gasteiger partial charge in [-0.3, -0.25) is 0 Å². The van der Waals surface area contributed by atoms with Gasteiger partial charge in [-0.05, 0) is 18.2 Å². The van der Waals surface area contributed by atoms with Gasteiger partial charge in [0, 0.05) is 23.0 Å². The molecule has 0 atom stereocenters. The number of aromatic nitrogens is 1. The molecule has 0 saturated heterocycles. The van der Waals surface area contributed by atoms with E-state index in [0.29, 0.717) is 10.8 Å². The number of halogens is 2. The highest BCUT2D eigenvalue weighted by Gasteiger charge is 2.14. The first-order valence-corrected chi connectivity index (χ1v) is 6.30. The van der Waals surface area contributed by atoms with Crippen LogP contribution in [-0.2, 0) is 0 Å². The van der Waals surface area contributed by atoms with Crippen LogP contribution >= 0.6 is 0 Å². The van der Waals surface area contributed by atoms with E-state index >= 15 is 0 Å². The molecule has 1 heterocycles. The number of hydrogen-bond donors (Lipinski definition) is 1. The third kappa shape index (κ3) is 2.46. The van der Waals surface area contributed by atoms with Crippen LogP contribution in [0, 0.1) is 11.6 Å². The average Bonchev–Trinajstić information content (AvgIpc) is 2.51. The number of fused-ring (bicyclic) bond motifs is 1. The SMILES string of the molecule is O=C(O)c1cnc(Oc2ccc(F)c(F)c2)c2ccccc12. The first-order chi connectivity index (χ1) is 10.6. The Balaban J connectivity index is 2.10. The number of benzene rings is 2. The van der Waals surface area contributed by atoms with E-state index in [1.54, 1.807) is 24.3 Å². The van der Waals surface area contributed by atoms with E-state index in [0.717, 1.165) is 12.1 Å². The Bertz CT molecular complexity index is 880. The molecule has 4 nitrogen and oxygen atoms in total. The van der Waals surface area contributed by atoms with Gasteiger partial charge in [-0.2, -0.15) is 0 Å². The summed E-state index contributed by atoms with van der Waals surface area (Å²) in [5.74, 6) is -2.94. The molecule has 1 aromatic heterocycles. The van der Waals surface area contributed by atoms with E-state index in [-0.39, 0.29) is 17.2 Å². The number of ether oxygens (including phenoxy) is 1. The van der Waals surface area contributed by atoms with Crippen LogP contribution in [0.4, 0.5) is 8.78 Å². The highest BCUT2D eigenvalue weighted by Crippen LogP contribution is 2.30. The molecule has 0 aliphatic carbocycles. The molecule has 0 spiro atoms. The van der Waals surface area contributed by atoms with Gasteiger partial charge in [0.1, 0.15) is 5.75 Å².